The average molecular weight is 246 g/mol. The molecule has 18 heavy (non-hydrogen) atoms. The van der Waals surface area contributed by atoms with Crippen molar-refractivity contribution in [1.29, 1.82) is 0 Å². The summed E-state index contributed by atoms with van der Waals surface area (Å²) < 4.78 is 5.21. The molecule has 94 valence electrons. The average Bonchev–Trinajstić information content (AvgIpc) is 2.36. The monoisotopic (exact) mass is 246 g/mol. The fourth-order valence-electron chi connectivity index (χ4n) is 1.48. The van der Waals surface area contributed by atoms with Crippen LogP contribution in [0.1, 0.15) is 0 Å². The smallest absolute Gasteiger partial charge is 0.224 e. The number of anilines is 5. The largest absolute Gasteiger partial charge is 0.495 e. The molecule has 0 atom stereocenters. The lowest BCUT2D eigenvalue weighted by Crippen LogP contribution is -2.08. The van der Waals surface area contributed by atoms with Crippen molar-refractivity contribution in [2.24, 2.45) is 0 Å². The third-order valence-electron chi connectivity index (χ3n) is 2.35. The molecule has 7 nitrogen and oxygen atoms in total. The van der Waals surface area contributed by atoms with Gasteiger partial charge in [-0.2, -0.15) is 9.97 Å². The minimum absolute atomic E-state index is 0.0547. The summed E-state index contributed by atoms with van der Waals surface area (Å²) in [6.45, 7) is 0. The maximum absolute atomic E-state index is 5.78. The van der Waals surface area contributed by atoms with Gasteiger partial charge in [-0.1, -0.05) is 12.1 Å². The van der Waals surface area contributed by atoms with Gasteiger partial charge in [-0.05, 0) is 12.1 Å². The summed E-state index contributed by atoms with van der Waals surface area (Å²) in [4.78, 5) is 7.77. The molecule has 1 aromatic carbocycles. The zero-order chi connectivity index (χ0) is 13.1. The molecule has 2 rings (SSSR count). The van der Waals surface area contributed by atoms with Gasteiger partial charge >= 0.3 is 0 Å². The van der Waals surface area contributed by atoms with Crippen LogP contribution in [0.3, 0.4) is 0 Å². The van der Waals surface area contributed by atoms with E-state index in [9.17, 15) is 0 Å². The van der Waals surface area contributed by atoms with Gasteiger partial charge in [-0.25, -0.2) is 0 Å². The van der Waals surface area contributed by atoms with E-state index in [-0.39, 0.29) is 17.5 Å². The number of hydrogen-bond donors (Lipinski definition) is 4. The van der Waals surface area contributed by atoms with E-state index < -0.39 is 0 Å². The first kappa shape index (κ1) is 11.8. The molecular weight excluding hydrogens is 232 g/mol. The molecule has 1 aromatic heterocycles. The molecule has 0 saturated heterocycles. The van der Waals surface area contributed by atoms with Gasteiger partial charge in [-0.3, -0.25) is 0 Å². The summed E-state index contributed by atoms with van der Waals surface area (Å²) in [6.07, 6.45) is 0. The second kappa shape index (κ2) is 4.66. The van der Waals surface area contributed by atoms with Crippen LogP contribution in [0.25, 0.3) is 0 Å². The molecule has 1 heterocycles. The van der Waals surface area contributed by atoms with Crippen LogP contribution in [0.2, 0.25) is 0 Å². The number of methoxy groups -OCH3 is 1. The molecule has 0 unspecified atom stereocenters. The van der Waals surface area contributed by atoms with Crippen LogP contribution < -0.4 is 27.3 Å². The maximum atomic E-state index is 5.78. The van der Waals surface area contributed by atoms with Crippen LogP contribution in [0, 0.1) is 0 Å². The Bertz CT molecular complexity index is 571. The van der Waals surface area contributed by atoms with Crippen LogP contribution in [0.5, 0.6) is 5.75 Å². The highest BCUT2D eigenvalue weighted by Gasteiger charge is 2.10. The van der Waals surface area contributed by atoms with E-state index in [0.29, 0.717) is 17.3 Å². The summed E-state index contributed by atoms with van der Waals surface area (Å²) in [5.74, 6) is 1.20. The third kappa shape index (κ3) is 2.19. The number of ether oxygens (including phenoxy) is 1. The standard InChI is InChI=1S/C11H14N6O/c1-18-7-5-3-2-4-6(7)15-10-8(12)9(13)16-11(14)17-10/h2-5H,12H2,1H3,(H5,13,14,15,16,17). The van der Waals surface area contributed by atoms with E-state index in [1.807, 2.05) is 24.3 Å². The Morgan fingerprint density at radius 1 is 1.11 bits per heavy atom. The Hall–Kier alpha value is -2.70. The SMILES string of the molecule is COc1ccccc1Nc1nc(N)nc(N)c1N. The number of nitrogens with zero attached hydrogens (tertiary/aromatic N) is 2. The predicted molar refractivity (Wildman–Crippen MR) is 71.5 cm³/mol. The first-order valence-corrected chi connectivity index (χ1v) is 5.20. The topological polar surface area (TPSA) is 125 Å². The van der Waals surface area contributed by atoms with E-state index >= 15 is 0 Å². The molecule has 0 bridgehead atoms. The first-order valence-electron chi connectivity index (χ1n) is 5.20. The summed E-state index contributed by atoms with van der Waals surface area (Å²) >= 11 is 0. The number of hydrogen-bond acceptors (Lipinski definition) is 7. The lowest BCUT2D eigenvalue weighted by atomic mass is 10.3. The normalized spacial score (nSPS) is 10.1. The van der Waals surface area contributed by atoms with Crippen LogP contribution >= 0.6 is 0 Å². The fourth-order valence-corrected chi connectivity index (χ4v) is 1.48. The molecular formula is C11H14N6O. The van der Waals surface area contributed by atoms with Gasteiger partial charge in [0, 0.05) is 0 Å². The minimum Gasteiger partial charge on any atom is -0.495 e. The number of nitrogens with two attached hydrogens (primary N) is 3. The Balaban J connectivity index is 2.40. The number of para-hydroxylation sites is 2. The van der Waals surface area contributed by atoms with Crippen LogP contribution in [0.15, 0.2) is 24.3 Å². The molecule has 7 N–H and O–H groups in total. The molecule has 7 heteroatoms. The second-order valence-electron chi connectivity index (χ2n) is 3.55. The fraction of sp³-hybridized carbons (Fsp3) is 0.0909. The summed E-state index contributed by atoms with van der Waals surface area (Å²) in [7, 11) is 1.58. The van der Waals surface area contributed by atoms with Crippen molar-refractivity contribution < 1.29 is 4.74 Å². The summed E-state index contributed by atoms with van der Waals surface area (Å²) in [5, 5.41) is 3.01. The van der Waals surface area contributed by atoms with Gasteiger partial charge in [0.15, 0.2) is 11.6 Å². The first-order chi connectivity index (χ1) is 8.61. The van der Waals surface area contributed by atoms with Crippen LogP contribution in [-0.2, 0) is 0 Å². The van der Waals surface area contributed by atoms with Gasteiger partial charge in [0.2, 0.25) is 5.95 Å². The molecule has 0 saturated carbocycles. The Morgan fingerprint density at radius 3 is 2.56 bits per heavy atom. The molecule has 0 radical (unpaired) electrons. The zero-order valence-corrected chi connectivity index (χ0v) is 9.84. The molecule has 0 fully saturated rings. The van der Waals surface area contributed by atoms with Crippen molar-refractivity contribution in [2.75, 3.05) is 29.6 Å². The second-order valence-corrected chi connectivity index (χ2v) is 3.55. The van der Waals surface area contributed by atoms with E-state index in [0.717, 1.165) is 0 Å². The van der Waals surface area contributed by atoms with Crippen molar-refractivity contribution in [3.63, 3.8) is 0 Å². The highest BCUT2D eigenvalue weighted by atomic mass is 16.5. The number of rotatable bonds is 3. The molecule has 0 amide bonds. The third-order valence-corrected chi connectivity index (χ3v) is 2.35. The summed E-state index contributed by atoms with van der Waals surface area (Å²) in [6, 6.07) is 7.35. The van der Waals surface area contributed by atoms with Gasteiger partial charge in [0.1, 0.15) is 11.4 Å². The van der Waals surface area contributed by atoms with Crippen LogP contribution in [-0.4, -0.2) is 17.1 Å². The lowest BCUT2D eigenvalue weighted by molar-refractivity contribution is 0.417. The number of nitrogens with one attached hydrogen (secondary N) is 1. The van der Waals surface area contributed by atoms with Crippen LogP contribution in [0.4, 0.5) is 29.0 Å². The van der Waals surface area contributed by atoms with E-state index in [1.54, 1.807) is 7.11 Å². The minimum atomic E-state index is 0.0547. The van der Waals surface area contributed by atoms with Gasteiger partial charge in [-0.15, -0.1) is 0 Å². The lowest BCUT2D eigenvalue weighted by Gasteiger charge is -2.12. The number of benzene rings is 1. The Labute approximate surface area is 104 Å². The summed E-state index contributed by atoms with van der Waals surface area (Å²) in [5.41, 5.74) is 17.9. The predicted octanol–water partition coefficient (Wildman–Crippen LogP) is 0.975. The van der Waals surface area contributed by atoms with Gasteiger partial charge in [0.25, 0.3) is 0 Å². The number of nitrogen functional groups attached to an aromatic ring is 3. The van der Waals surface area contributed by atoms with Gasteiger partial charge < -0.3 is 27.3 Å². The molecule has 0 aliphatic rings. The maximum Gasteiger partial charge on any atom is 0.224 e. The van der Waals surface area contributed by atoms with Crippen molar-refractivity contribution in [1.82, 2.24) is 9.97 Å². The molecule has 0 spiro atoms. The molecule has 2 aromatic rings. The van der Waals surface area contributed by atoms with Crippen molar-refractivity contribution in [3.05, 3.63) is 24.3 Å². The Morgan fingerprint density at radius 2 is 1.83 bits per heavy atom. The molecule has 0 aliphatic carbocycles. The van der Waals surface area contributed by atoms with Gasteiger partial charge in [0.05, 0.1) is 12.8 Å². The Kier molecular flexibility index (Phi) is 3.05. The number of aromatic nitrogens is 2. The molecule has 0 aliphatic heterocycles. The highest BCUT2D eigenvalue weighted by molar-refractivity contribution is 5.79. The van der Waals surface area contributed by atoms with E-state index in [2.05, 4.69) is 15.3 Å². The van der Waals surface area contributed by atoms with E-state index in [4.69, 9.17) is 21.9 Å². The zero-order valence-electron chi connectivity index (χ0n) is 9.84. The van der Waals surface area contributed by atoms with Crippen molar-refractivity contribution >= 4 is 29.0 Å². The van der Waals surface area contributed by atoms with Crippen molar-refractivity contribution in [2.45, 2.75) is 0 Å². The highest BCUT2D eigenvalue weighted by Crippen LogP contribution is 2.30. The quantitative estimate of drug-likeness (QED) is 0.635. The van der Waals surface area contributed by atoms with Crippen molar-refractivity contribution in [3.8, 4) is 5.75 Å². The van der Waals surface area contributed by atoms with E-state index in [1.165, 1.54) is 0 Å².